The molecule has 208 valence electrons. The number of carbonyl (C=O) groups excluding carboxylic acids is 1. The lowest BCUT2D eigenvalue weighted by Crippen LogP contribution is -2.57. The normalized spacial score (nSPS) is 22.1. The number of nitrogens with zero attached hydrogens (tertiary/aromatic N) is 8. The Labute approximate surface area is 235 Å². The second-order valence-corrected chi connectivity index (χ2v) is 11.6. The van der Waals surface area contributed by atoms with E-state index in [4.69, 9.17) is 19.8 Å². The molecule has 0 N–H and O–H groups in total. The van der Waals surface area contributed by atoms with E-state index in [9.17, 15) is 4.79 Å². The minimum atomic E-state index is -1.05. The zero-order chi connectivity index (χ0) is 27.2. The van der Waals surface area contributed by atoms with E-state index in [0.29, 0.717) is 61.7 Å². The van der Waals surface area contributed by atoms with E-state index in [-0.39, 0.29) is 18.5 Å². The SMILES string of the molecule is Cc1cccc(-c2ccn(-c3nc(N4CCOCC4)c4sc(C(=O)N5CCC(N6CCC6)C(F)C5)nc4n3)n2)c1. The molecular weight excluding hydrogens is 531 g/mol. The molecule has 6 heterocycles. The summed E-state index contributed by atoms with van der Waals surface area (Å²) in [7, 11) is 0. The van der Waals surface area contributed by atoms with Crippen molar-refractivity contribution in [1.82, 2.24) is 34.5 Å². The lowest BCUT2D eigenvalue weighted by molar-refractivity contribution is 0.00582. The number of hydrogen-bond acceptors (Lipinski definition) is 9. The van der Waals surface area contributed by atoms with Crippen molar-refractivity contribution in [2.75, 3.05) is 57.4 Å². The van der Waals surface area contributed by atoms with Gasteiger partial charge in [-0.05, 0) is 45.0 Å². The van der Waals surface area contributed by atoms with Gasteiger partial charge in [0.2, 0.25) is 0 Å². The Morgan fingerprint density at radius 1 is 1.07 bits per heavy atom. The number of aryl methyl sites for hydroxylation is 1. The van der Waals surface area contributed by atoms with Crippen LogP contribution in [-0.4, -0.2) is 105 Å². The molecule has 3 fully saturated rings. The summed E-state index contributed by atoms with van der Waals surface area (Å²) in [5.41, 5.74) is 3.43. The van der Waals surface area contributed by atoms with Crippen LogP contribution >= 0.6 is 11.3 Å². The fraction of sp³-hybridized carbons (Fsp3) is 0.464. The summed E-state index contributed by atoms with van der Waals surface area (Å²) in [4.78, 5) is 33.7. The number of benzene rings is 1. The lowest BCUT2D eigenvalue weighted by atomic mass is 9.98. The van der Waals surface area contributed by atoms with E-state index in [0.717, 1.165) is 41.0 Å². The summed E-state index contributed by atoms with van der Waals surface area (Å²) in [5.74, 6) is 0.853. The van der Waals surface area contributed by atoms with Gasteiger partial charge in [0.25, 0.3) is 11.9 Å². The molecule has 7 rings (SSSR count). The van der Waals surface area contributed by atoms with Crippen LogP contribution in [-0.2, 0) is 4.74 Å². The van der Waals surface area contributed by atoms with Gasteiger partial charge in [-0.25, -0.2) is 14.1 Å². The van der Waals surface area contributed by atoms with Gasteiger partial charge in [0, 0.05) is 37.4 Å². The van der Waals surface area contributed by atoms with Crippen molar-refractivity contribution in [3.63, 3.8) is 0 Å². The Kier molecular flexibility index (Phi) is 6.68. The molecule has 0 saturated carbocycles. The molecule has 0 bridgehead atoms. The highest BCUT2D eigenvalue weighted by Gasteiger charge is 2.38. The number of aromatic nitrogens is 5. The largest absolute Gasteiger partial charge is 0.378 e. The number of rotatable bonds is 5. The van der Waals surface area contributed by atoms with Crippen LogP contribution in [0.3, 0.4) is 0 Å². The summed E-state index contributed by atoms with van der Waals surface area (Å²) in [6, 6.07) is 10.0. The molecule has 40 heavy (non-hydrogen) atoms. The molecular formula is C28H31FN8O2S. The smallest absolute Gasteiger partial charge is 0.283 e. The van der Waals surface area contributed by atoms with Crippen LogP contribution in [0.4, 0.5) is 10.2 Å². The van der Waals surface area contributed by atoms with Crippen molar-refractivity contribution >= 4 is 33.4 Å². The minimum Gasteiger partial charge on any atom is -0.378 e. The van der Waals surface area contributed by atoms with Gasteiger partial charge in [-0.3, -0.25) is 9.69 Å². The highest BCUT2D eigenvalue weighted by atomic mass is 32.1. The fourth-order valence-corrected chi connectivity index (χ4v) is 6.66. The monoisotopic (exact) mass is 562 g/mol. The number of ether oxygens (including phenoxy) is 1. The third-order valence-corrected chi connectivity index (χ3v) is 9.01. The Balaban J connectivity index is 1.21. The Bertz CT molecular complexity index is 1550. The van der Waals surface area contributed by atoms with Gasteiger partial charge in [0.15, 0.2) is 16.5 Å². The van der Waals surface area contributed by atoms with Crippen LogP contribution in [0.15, 0.2) is 36.5 Å². The van der Waals surface area contributed by atoms with E-state index in [1.54, 1.807) is 9.58 Å². The lowest BCUT2D eigenvalue weighted by Gasteiger charge is -2.44. The quantitative estimate of drug-likeness (QED) is 0.366. The highest BCUT2D eigenvalue weighted by Crippen LogP contribution is 2.33. The zero-order valence-corrected chi connectivity index (χ0v) is 23.2. The van der Waals surface area contributed by atoms with E-state index in [1.165, 1.54) is 11.3 Å². The summed E-state index contributed by atoms with van der Waals surface area (Å²) in [6.45, 7) is 7.10. The van der Waals surface area contributed by atoms with Crippen LogP contribution in [0.25, 0.3) is 27.6 Å². The number of hydrogen-bond donors (Lipinski definition) is 0. The minimum absolute atomic E-state index is 0.0896. The molecule has 3 saturated heterocycles. The van der Waals surface area contributed by atoms with Crippen molar-refractivity contribution in [2.45, 2.75) is 32.0 Å². The number of morpholine rings is 1. The summed E-state index contributed by atoms with van der Waals surface area (Å²) in [5, 5.41) is 5.06. The second kappa shape index (κ2) is 10.5. The number of halogens is 1. The summed E-state index contributed by atoms with van der Waals surface area (Å²) in [6.07, 6.45) is 2.55. The van der Waals surface area contributed by atoms with Crippen molar-refractivity contribution in [1.29, 1.82) is 0 Å². The maximum atomic E-state index is 15.0. The first-order valence-corrected chi connectivity index (χ1v) is 14.7. The average Bonchev–Trinajstić information content (AvgIpc) is 3.61. The second-order valence-electron chi connectivity index (χ2n) is 10.6. The standard InChI is InChI=1S/C28H31FN8O2S/c1-18-4-2-5-19(16-18)21-6-11-37(33-21)28-31-24-23(25(32-28)35-12-14-39-15-13-35)40-26(30-24)27(38)36-10-7-22(20(29)17-36)34-8-3-9-34/h2,4-6,11,16,20,22H,3,7-10,12-15,17H2,1H3. The number of carbonyl (C=O) groups is 1. The molecule has 10 nitrogen and oxygen atoms in total. The molecule has 3 aromatic heterocycles. The Hall–Kier alpha value is -3.48. The van der Waals surface area contributed by atoms with E-state index in [2.05, 4.69) is 33.8 Å². The molecule has 2 unspecified atom stereocenters. The Morgan fingerprint density at radius 3 is 2.67 bits per heavy atom. The molecule has 1 aromatic carbocycles. The molecule has 2 atom stereocenters. The maximum Gasteiger partial charge on any atom is 0.283 e. The van der Waals surface area contributed by atoms with Gasteiger partial charge >= 0.3 is 0 Å². The molecule has 12 heteroatoms. The first-order valence-electron chi connectivity index (χ1n) is 13.9. The number of anilines is 1. The van der Waals surface area contributed by atoms with Crippen molar-refractivity contribution in [2.24, 2.45) is 0 Å². The number of amides is 1. The summed E-state index contributed by atoms with van der Waals surface area (Å²) >= 11 is 1.28. The average molecular weight is 563 g/mol. The van der Waals surface area contributed by atoms with Crippen LogP contribution < -0.4 is 4.90 Å². The van der Waals surface area contributed by atoms with Gasteiger partial charge in [0.05, 0.1) is 25.5 Å². The Morgan fingerprint density at radius 2 is 1.93 bits per heavy atom. The number of fused-ring (bicyclic) bond motifs is 1. The first-order chi connectivity index (χ1) is 19.5. The van der Waals surface area contributed by atoms with E-state index < -0.39 is 6.17 Å². The fourth-order valence-electron chi connectivity index (χ4n) is 5.67. The van der Waals surface area contributed by atoms with Crippen LogP contribution in [0.2, 0.25) is 0 Å². The molecule has 0 radical (unpaired) electrons. The molecule has 1 amide bonds. The van der Waals surface area contributed by atoms with Crippen molar-refractivity contribution < 1.29 is 13.9 Å². The van der Waals surface area contributed by atoms with Gasteiger partial charge in [-0.1, -0.05) is 23.8 Å². The molecule has 0 spiro atoms. The predicted octanol–water partition coefficient (Wildman–Crippen LogP) is 3.34. The van der Waals surface area contributed by atoms with Gasteiger partial charge < -0.3 is 14.5 Å². The van der Waals surface area contributed by atoms with Gasteiger partial charge in [0.1, 0.15) is 10.9 Å². The highest BCUT2D eigenvalue weighted by molar-refractivity contribution is 7.20. The first kappa shape index (κ1) is 25.5. The molecule has 4 aromatic rings. The number of thiazole rings is 1. The van der Waals surface area contributed by atoms with Crippen LogP contribution in [0, 0.1) is 6.92 Å². The number of alkyl halides is 1. The van der Waals surface area contributed by atoms with E-state index >= 15 is 4.39 Å². The van der Waals surface area contributed by atoms with Crippen molar-refractivity contribution in [3.05, 3.63) is 47.1 Å². The topological polar surface area (TPSA) is 92.5 Å². The van der Waals surface area contributed by atoms with Crippen LogP contribution in [0.1, 0.15) is 28.2 Å². The molecule has 3 aliphatic rings. The third kappa shape index (κ3) is 4.73. The summed E-state index contributed by atoms with van der Waals surface area (Å²) < 4.78 is 23.0. The molecule has 0 aliphatic carbocycles. The number of piperidine rings is 1. The number of likely N-dealkylation sites (tertiary alicyclic amines) is 2. The molecule has 3 aliphatic heterocycles. The van der Waals surface area contributed by atoms with Gasteiger partial charge in [-0.2, -0.15) is 15.1 Å². The van der Waals surface area contributed by atoms with Gasteiger partial charge in [-0.15, -0.1) is 11.3 Å². The maximum absolute atomic E-state index is 15.0. The van der Waals surface area contributed by atoms with Crippen LogP contribution in [0.5, 0.6) is 0 Å². The van der Waals surface area contributed by atoms with E-state index in [1.807, 2.05) is 24.4 Å². The third-order valence-electron chi connectivity index (χ3n) is 7.98. The predicted molar refractivity (Wildman–Crippen MR) is 151 cm³/mol. The zero-order valence-electron chi connectivity index (χ0n) is 22.4. The van der Waals surface area contributed by atoms with Crippen molar-refractivity contribution in [3.8, 4) is 17.2 Å².